The maximum Gasteiger partial charge on any atom is 0.404 e. The quantitative estimate of drug-likeness (QED) is 0.113. The number of pyridine rings is 2. The van der Waals surface area contributed by atoms with Crippen molar-refractivity contribution < 1.29 is 24.2 Å². The number of ether oxygens (including phenoxy) is 2. The number of hydrogen-bond donors (Lipinski definition) is 3. The molecule has 0 bridgehead atoms. The predicted octanol–water partition coefficient (Wildman–Crippen LogP) is 5.94. The maximum absolute atomic E-state index is 12.8. The number of aryl methyl sites for hydroxylation is 1. The standard InChI is InChI=1S/C32H41N5O5Si/c1-23-21-37(22-41-16-17-43(2,3)4)31-30(23)28(11-15-35-31)42-27-7-5-6-25(18-27)26(20-36-32(39)40)19-29(38)34-14-10-24-8-12-33-13-9-24/h5-9,11-13,15,18,21,26,36H,10,14,16-17,19-20,22H2,1-4H3,(H,34,38)(H,39,40). The van der Waals surface area contributed by atoms with Crippen molar-refractivity contribution in [2.75, 3.05) is 19.7 Å². The first-order valence-corrected chi connectivity index (χ1v) is 18.2. The van der Waals surface area contributed by atoms with Gasteiger partial charge in [-0.25, -0.2) is 9.78 Å². The van der Waals surface area contributed by atoms with E-state index >= 15 is 0 Å². The zero-order valence-electron chi connectivity index (χ0n) is 25.3. The normalized spacial score (nSPS) is 12.2. The average molecular weight is 604 g/mol. The Morgan fingerprint density at radius 1 is 1.07 bits per heavy atom. The van der Waals surface area contributed by atoms with Gasteiger partial charge in [0.25, 0.3) is 0 Å². The van der Waals surface area contributed by atoms with Crippen molar-refractivity contribution in [2.24, 2.45) is 0 Å². The molecule has 0 saturated heterocycles. The monoisotopic (exact) mass is 603 g/mol. The third-order valence-electron chi connectivity index (χ3n) is 7.11. The molecule has 10 nitrogen and oxygen atoms in total. The lowest BCUT2D eigenvalue weighted by Crippen LogP contribution is -2.32. The van der Waals surface area contributed by atoms with Gasteiger partial charge >= 0.3 is 6.09 Å². The molecule has 1 aromatic carbocycles. The van der Waals surface area contributed by atoms with Crippen LogP contribution in [-0.4, -0.2) is 59.4 Å². The van der Waals surface area contributed by atoms with Crippen LogP contribution in [0.5, 0.6) is 11.5 Å². The molecule has 4 rings (SSSR count). The molecule has 0 aliphatic carbocycles. The lowest BCUT2D eigenvalue weighted by molar-refractivity contribution is -0.121. The summed E-state index contributed by atoms with van der Waals surface area (Å²) < 4.78 is 14.3. The number of benzene rings is 1. The van der Waals surface area contributed by atoms with Crippen LogP contribution >= 0.6 is 0 Å². The average Bonchev–Trinajstić information content (AvgIpc) is 3.29. The summed E-state index contributed by atoms with van der Waals surface area (Å²) >= 11 is 0. The van der Waals surface area contributed by atoms with Crippen molar-refractivity contribution in [3.8, 4) is 11.5 Å². The minimum atomic E-state index is -1.18. The Balaban J connectivity index is 1.46. The van der Waals surface area contributed by atoms with Gasteiger partial charge < -0.3 is 29.8 Å². The summed E-state index contributed by atoms with van der Waals surface area (Å²) in [5, 5.41) is 15.5. The third kappa shape index (κ3) is 9.65. The van der Waals surface area contributed by atoms with E-state index in [1.54, 1.807) is 18.6 Å². The summed E-state index contributed by atoms with van der Waals surface area (Å²) in [6, 6.07) is 14.2. The van der Waals surface area contributed by atoms with E-state index in [1.807, 2.05) is 60.2 Å². The maximum atomic E-state index is 12.8. The Bertz CT molecular complexity index is 1520. The zero-order chi connectivity index (χ0) is 30.8. The number of fused-ring (bicyclic) bond motifs is 1. The van der Waals surface area contributed by atoms with E-state index in [0.717, 1.165) is 40.4 Å². The largest absolute Gasteiger partial charge is 0.465 e. The fourth-order valence-corrected chi connectivity index (χ4v) is 5.53. The van der Waals surface area contributed by atoms with Crippen LogP contribution in [0.3, 0.4) is 0 Å². The first-order valence-electron chi connectivity index (χ1n) is 14.5. The molecule has 3 heterocycles. The molecule has 3 aromatic heterocycles. The molecule has 11 heteroatoms. The summed E-state index contributed by atoms with van der Waals surface area (Å²) in [5.41, 5.74) is 3.68. The highest BCUT2D eigenvalue weighted by atomic mass is 28.3. The predicted molar refractivity (Wildman–Crippen MR) is 169 cm³/mol. The van der Waals surface area contributed by atoms with Gasteiger partial charge in [0.15, 0.2) is 0 Å². The van der Waals surface area contributed by atoms with Gasteiger partial charge in [-0.05, 0) is 66.4 Å². The molecule has 0 saturated carbocycles. The smallest absolute Gasteiger partial charge is 0.404 e. The van der Waals surface area contributed by atoms with Gasteiger partial charge in [-0.1, -0.05) is 31.8 Å². The van der Waals surface area contributed by atoms with Crippen LogP contribution < -0.4 is 15.4 Å². The van der Waals surface area contributed by atoms with Crippen LogP contribution in [-0.2, 0) is 22.7 Å². The molecule has 0 aliphatic rings. The Labute approximate surface area is 253 Å². The molecule has 0 aliphatic heterocycles. The van der Waals surface area contributed by atoms with Gasteiger partial charge in [0.05, 0.1) is 5.39 Å². The van der Waals surface area contributed by atoms with E-state index in [4.69, 9.17) is 9.47 Å². The van der Waals surface area contributed by atoms with E-state index in [-0.39, 0.29) is 24.8 Å². The Kier molecular flexibility index (Phi) is 10.9. The molecule has 2 amide bonds. The number of nitrogens with zero attached hydrogens (tertiary/aromatic N) is 3. The summed E-state index contributed by atoms with van der Waals surface area (Å²) in [5.74, 6) is 0.711. The van der Waals surface area contributed by atoms with Crippen molar-refractivity contribution in [1.29, 1.82) is 0 Å². The lowest BCUT2D eigenvalue weighted by Gasteiger charge is -2.18. The third-order valence-corrected chi connectivity index (χ3v) is 8.81. The van der Waals surface area contributed by atoms with Gasteiger partial charge in [0.1, 0.15) is 23.9 Å². The molecule has 1 atom stereocenters. The molecular formula is C32H41N5O5Si. The molecule has 0 radical (unpaired) electrons. The lowest BCUT2D eigenvalue weighted by atomic mass is 9.95. The fraction of sp³-hybridized carbons (Fsp3) is 0.375. The van der Waals surface area contributed by atoms with Crippen LogP contribution in [0.1, 0.15) is 29.0 Å². The number of rotatable bonds is 15. The van der Waals surface area contributed by atoms with Gasteiger partial charge in [0, 0.05) is 64.9 Å². The second-order valence-corrected chi connectivity index (χ2v) is 17.5. The highest BCUT2D eigenvalue weighted by molar-refractivity contribution is 6.76. The first-order chi connectivity index (χ1) is 20.6. The van der Waals surface area contributed by atoms with Gasteiger partial charge in [0.2, 0.25) is 5.91 Å². The summed E-state index contributed by atoms with van der Waals surface area (Å²) in [7, 11) is -1.18. The number of hydrogen-bond acceptors (Lipinski definition) is 6. The molecule has 228 valence electrons. The van der Waals surface area contributed by atoms with Crippen molar-refractivity contribution in [3.63, 3.8) is 0 Å². The summed E-state index contributed by atoms with van der Waals surface area (Å²) in [6.07, 6.45) is 6.85. The highest BCUT2D eigenvalue weighted by Crippen LogP contribution is 2.33. The first kappa shape index (κ1) is 31.7. The van der Waals surface area contributed by atoms with Gasteiger partial charge in [-0.2, -0.15) is 0 Å². The van der Waals surface area contributed by atoms with Crippen LogP contribution in [0.2, 0.25) is 25.7 Å². The molecule has 1 unspecified atom stereocenters. The van der Waals surface area contributed by atoms with Crippen LogP contribution in [0.25, 0.3) is 11.0 Å². The molecule has 4 aromatic rings. The minimum absolute atomic E-state index is 0.0930. The molecule has 0 spiro atoms. The second-order valence-electron chi connectivity index (χ2n) is 11.9. The molecule has 43 heavy (non-hydrogen) atoms. The summed E-state index contributed by atoms with van der Waals surface area (Å²) in [6.45, 7) is 10.7. The van der Waals surface area contributed by atoms with E-state index in [2.05, 4.69) is 40.2 Å². The van der Waals surface area contributed by atoms with E-state index in [9.17, 15) is 14.7 Å². The number of carbonyl (C=O) groups excluding carboxylic acids is 1. The SMILES string of the molecule is Cc1cn(COCC[Si](C)(C)C)c2nccc(Oc3cccc(C(CNC(=O)O)CC(=O)NCCc4ccncc4)c3)c12. The number of carbonyl (C=O) groups is 2. The number of amides is 2. The van der Waals surface area contributed by atoms with Crippen molar-refractivity contribution in [3.05, 3.63) is 83.9 Å². The Hall–Kier alpha value is -4.22. The molecule has 3 N–H and O–H groups in total. The Morgan fingerprint density at radius 2 is 1.86 bits per heavy atom. The topological polar surface area (TPSA) is 128 Å². The minimum Gasteiger partial charge on any atom is -0.465 e. The fourth-order valence-electron chi connectivity index (χ4n) is 4.78. The van der Waals surface area contributed by atoms with Crippen LogP contribution in [0.4, 0.5) is 4.79 Å². The summed E-state index contributed by atoms with van der Waals surface area (Å²) in [4.78, 5) is 32.7. The number of nitrogens with one attached hydrogen (secondary N) is 2. The van der Waals surface area contributed by atoms with Crippen LogP contribution in [0.15, 0.2) is 67.3 Å². The number of carboxylic acid groups (broad SMARTS) is 1. The van der Waals surface area contributed by atoms with Crippen LogP contribution in [0, 0.1) is 6.92 Å². The van der Waals surface area contributed by atoms with Gasteiger partial charge in [-0.3, -0.25) is 9.78 Å². The second kappa shape index (κ2) is 14.8. The number of aromatic nitrogens is 3. The highest BCUT2D eigenvalue weighted by Gasteiger charge is 2.19. The zero-order valence-corrected chi connectivity index (χ0v) is 26.3. The van der Waals surface area contributed by atoms with E-state index in [0.29, 0.717) is 31.2 Å². The van der Waals surface area contributed by atoms with Crippen molar-refractivity contribution in [1.82, 2.24) is 25.2 Å². The van der Waals surface area contributed by atoms with Gasteiger partial charge in [-0.15, -0.1) is 0 Å². The van der Waals surface area contributed by atoms with Crippen molar-refractivity contribution >= 4 is 31.1 Å². The van der Waals surface area contributed by atoms with E-state index in [1.165, 1.54) is 0 Å². The molecule has 0 fully saturated rings. The van der Waals surface area contributed by atoms with E-state index < -0.39 is 14.2 Å². The van der Waals surface area contributed by atoms with Crippen molar-refractivity contribution in [2.45, 2.75) is 58.1 Å². The Morgan fingerprint density at radius 3 is 2.60 bits per heavy atom. The molecular weight excluding hydrogens is 562 g/mol.